The van der Waals surface area contributed by atoms with Crippen LogP contribution in [0.15, 0.2) is 63.6 Å². The number of carbonyl (C=O) groups excluding carboxylic acids is 1. The fraction of sp³-hybridized carbons (Fsp3) is 0.250. The second-order valence-corrected chi connectivity index (χ2v) is 8.81. The molecule has 0 radical (unpaired) electrons. The van der Waals surface area contributed by atoms with E-state index in [1.807, 2.05) is 60.8 Å². The van der Waals surface area contributed by atoms with E-state index in [4.69, 9.17) is 14.1 Å². The number of anilines is 2. The van der Waals surface area contributed by atoms with Gasteiger partial charge in [0.15, 0.2) is 5.13 Å². The number of para-hydroxylation sites is 2. The Labute approximate surface area is 200 Å². The molecule has 2 aromatic heterocycles. The van der Waals surface area contributed by atoms with Crippen LogP contribution < -0.4 is 9.64 Å². The van der Waals surface area contributed by atoms with Gasteiger partial charge in [0.05, 0.1) is 23.6 Å². The molecule has 170 valence electrons. The first-order valence-electron chi connectivity index (χ1n) is 10.6. The summed E-state index contributed by atoms with van der Waals surface area (Å²) in [5.41, 5.74) is 3.58. The van der Waals surface area contributed by atoms with Gasteiger partial charge in [-0.15, -0.1) is 21.5 Å². The van der Waals surface area contributed by atoms with Crippen molar-refractivity contribution in [2.45, 2.75) is 38.2 Å². The summed E-state index contributed by atoms with van der Waals surface area (Å²) in [4.78, 5) is 18.8. The van der Waals surface area contributed by atoms with E-state index in [-0.39, 0.29) is 5.91 Å². The van der Waals surface area contributed by atoms with Crippen LogP contribution >= 0.6 is 23.1 Å². The minimum absolute atomic E-state index is 0.0704. The third-order valence-corrected chi connectivity index (χ3v) is 6.55. The van der Waals surface area contributed by atoms with Gasteiger partial charge in [-0.1, -0.05) is 49.0 Å². The molecule has 0 unspecified atom stereocenters. The number of nitrogens with zero attached hydrogens (tertiary/aromatic N) is 4. The number of thiazole rings is 1. The summed E-state index contributed by atoms with van der Waals surface area (Å²) >= 11 is 2.85. The molecule has 2 heterocycles. The summed E-state index contributed by atoms with van der Waals surface area (Å²) in [6.45, 7) is 6.12. The van der Waals surface area contributed by atoms with Gasteiger partial charge in [0.1, 0.15) is 5.75 Å². The molecule has 0 fully saturated rings. The second-order valence-electron chi connectivity index (χ2n) is 7.05. The van der Waals surface area contributed by atoms with Crippen LogP contribution in [0.1, 0.15) is 32.0 Å². The van der Waals surface area contributed by atoms with E-state index in [0.717, 1.165) is 28.9 Å². The lowest BCUT2D eigenvalue weighted by molar-refractivity contribution is -0.115. The van der Waals surface area contributed by atoms with E-state index in [2.05, 4.69) is 17.1 Å². The Morgan fingerprint density at radius 3 is 2.70 bits per heavy atom. The van der Waals surface area contributed by atoms with Gasteiger partial charge >= 0.3 is 0 Å². The number of ether oxygens (including phenoxy) is 1. The van der Waals surface area contributed by atoms with Gasteiger partial charge in [0.2, 0.25) is 5.91 Å². The smallest absolute Gasteiger partial charge is 0.277 e. The van der Waals surface area contributed by atoms with Crippen LogP contribution in [0.2, 0.25) is 0 Å². The summed E-state index contributed by atoms with van der Waals surface area (Å²) in [7, 11) is 0. The number of hydrogen-bond donors (Lipinski definition) is 0. The molecular formula is C24H24N4O3S2. The summed E-state index contributed by atoms with van der Waals surface area (Å²) in [6, 6.07) is 15.5. The van der Waals surface area contributed by atoms with E-state index in [1.165, 1.54) is 23.1 Å². The maximum absolute atomic E-state index is 12.5. The molecule has 9 heteroatoms. The largest absolute Gasteiger partial charge is 0.493 e. The van der Waals surface area contributed by atoms with Crippen molar-refractivity contribution in [3.8, 4) is 17.2 Å². The summed E-state index contributed by atoms with van der Waals surface area (Å²) < 4.78 is 11.5. The van der Waals surface area contributed by atoms with Crippen molar-refractivity contribution in [3.63, 3.8) is 0 Å². The van der Waals surface area contributed by atoms with Crippen LogP contribution in [-0.2, 0) is 17.0 Å². The molecule has 0 saturated carbocycles. The lowest BCUT2D eigenvalue weighted by Crippen LogP contribution is -2.23. The lowest BCUT2D eigenvalue weighted by Gasteiger charge is -2.20. The first-order chi connectivity index (χ1) is 16.1. The monoisotopic (exact) mass is 480 g/mol. The molecule has 0 aliphatic heterocycles. The highest BCUT2D eigenvalue weighted by Crippen LogP contribution is 2.34. The minimum atomic E-state index is -0.0704. The van der Waals surface area contributed by atoms with Crippen LogP contribution in [0.4, 0.5) is 10.8 Å². The minimum Gasteiger partial charge on any atom is -0.493 e. The number of hydrogen-bond acceptors (Lipinski definition) is 8. The third kappa shape index (κ3) is 5.26. The van der Waals surface area contributed by atoms with Crippen LogP contribution in [0, 0.1) is 0 Å². The number of carbonyl (C=O) groups is 1. The standard InChI is InChI=1S/C24H24N4O3S2/c1-4-17-10-6-8-12-20(17)28(16(3)29)23-25-18(14-32-23)15-33-24-27-26-22(31-24)19-11-7-9-13-21(19)30-5-2/h6-14H,4-5,15H2,1-3H3. The van der Waals surface area contributed by atoms with Crippen molar-refractivity contribution in [1.29, 1.82) is 0 Å². The van der Waals surface area contributed by atoms with Crippen molar-refractivity contribution in [2.24, 2.45) is 0 Å². The maximum Gasteiger partial charge on any atom is 0.277 e. The molecule has 0 saturated heterocycles. The molecule has 2 aromatic carbocycles. The molecule has 0 bridgehead atoms. The highest BCUT2D eigenvalue weighted by molar-refractivity contribution is 7.98. The SMILES string of the molecule is CCOc1ccccc1-c1nnc(SCc2csc(N(C(C)=O)c3ccccc3CC)n2)o1. The van der Waals surface area contributed by atoms with Gasteiger partial charge in [-0.2, -0.15) is 0 Å². The Bertz CT molecular complexity index is 1240. The van der Waals surface area contributed by atoms with Crippen molar-refractivity contribution < 1.29 is 13.9 Å². The van der Waals surface area contributed by atoms with E-state index >= 15 is 0 Å². The number of aromatic nitrogens is 3. The number of rotatable bonds is 9. The van der Waals surface area contributed by atoms with Gasteiger partial charge in [-0.3, -0.25) is 9.69 Å². The normalized spacial score (nSPS) is 10.9. The van der Waals surface area contributed by atoms with Gasteiger partial charge in [-0.05, 0) is 37.1 Å². The van der Waals surface area contributed by atoms with Gasteiger partial charge < -0.3 is 9.15 Å². The number of aryl methyl sites for hydroxylation is 1. The zero-order valence-electron chi connectivity index (χ0n) is 18.6. The van der Waals surface area contributed by atoms with Gasteiger partial charge in [0.25, 0.3) is 11.1 Å². The van der Waals surface area contributed by atoms with Gasteiger partial charge in [0, 0.05) is 18.1 Å². The Balaban J connectivity index is 1.48. The molecule has 0 atom stereocenters. The summed E-state index contributed by atoms with van der Waals surface area (Å²) in [5.74, 6) is 1.60. The van der Waals surface area contributed by atoms with E-state index < -0.39 is 0 Å². The zero-order chi connectivity index (χ0) is 23.2. The molecule has 7 nitrogen and oxygen atoms in total. The van der Waals surface area contributed by atoms with Crippen molar-refractivity contribution >= 4 is 39.8 Å². The molecule has 0 aliphatic rings. The van der Waals surface area contributed by atoms with E-state index in [9.17, 15) is 4.79 Å². The predicted molar refractivity (Wildman–Crippen MR) is 131 cm³/mol. The van der Waals surface area contributed by atoms with Crippen LogP contribution in [0.25, 0.3) is 11.5 Å². The average Bonchev–Trinajstić information content (AvgIpc) is 3.48. The second kappa shape index (κ2) is 10.6. The Morgan fingerprint density at radius 1 is 1.12 bits per heavy atom. The highest BCUT2D eigenvalue weighted by atomic mass is 32.2. The third-order valence-electron chi connectivity index (χ3n) is 4.83. The molecule has 0 aliphatic carbocycles. The quantitative estimate of drug-likeness (QED) is 0.266. The highest BCUT2D eigenvalue weighted by Gasteiger charge is 2.20. The lowest BCUT2D eigenvalue weighted by atomic mass is 10.1. The Morgan fingerprint density at radius 2 is 1.91 bits per heavy atom. The molecular weight excluding hydrogens is 456 g/mol. The summed E-state index contributed by atoms with van der Waals surface area (Å²) in [6.07, 6.45) is 0.833. The summed E-state index contributed by atoms with van der Waals surface area (Å²) in [5, 5.41) is 11.4. The topological polar surface area (TPSA) is 81.4 Å². The van der Waals surface area contributed by atoms with Crippen LogP contribution in [-0.4, -0.2) is 27.7 Å². The molecule has 0 N–H and O–H groups in total. The number of thioether (sulfide) groups is 1. The fourth-order valence-electron chi connectivity index (χ4n) is 3.34. The zero-order valence-corrected chi connectivity index (χ0v) is 20.3. The Hall–Kier alpha value is -3.17. The van der Waals surface area contributed by atoms with Crippen LogP contribution in [0.3, 0.4) is 0 Å². The van der Waals surface area contributed by atoms with Crippen molar-refractivity contribution in [2.75, 3.05) is 11.5 Å². The van der Waals surface area contributed by atoms with Crippen LogP contribution in [0.5, 0.6) is 5.75 Å². The number of benzene rings is 2. The maximum atomic E-state index is 12.5. The average molecular weight is 481 g/mol. The van der Waals surface area contributed by atoms with Crippen molar-refractivity contribution in [1.82, 2.24) is 15.2 Å². The van der Waals surface area contributed by atoms with Crippen molar-refractivity contribution in [3.05, 3.63) is 65.2 Å². The fourth-order valence-corrected chi connectivity index (χ4v) is 4.98. The molecule has 0 spiro atoms. The van der Waals surface area contributed by atoms with Gasteiger partial charge in [-0.25, -0.2) is 4.98 Å². The molecule has 4 aromatic rings. The van der Waals surface area contributed by atoms with E-state index in [0.29, 0.717) is 34.4 Å². The first-order valence-corrected chi connectivity index (χ1v) is 12.5. The molecule has 1 amide bonds. The first kappa shape index (κ1) is 23.0. The molecule has 33 heavy (non-hydrogen) atoms. The number of amides is 1. The Kier molecular flexibility index (Phi) is 7.41. The van der Waals surface area contributed by atoms with E-state index in [1.54, 1.807) is 11.8 Å². The predicted octanol–water partition coefficient (Wildman–Crippen LogP) is 6.13. The molecule has 4 rings (SSSR count).